The molecule has 2 aliphatic heterocycles. The minimum atomic E-state index is 0.973. The topological polar surface area (TPSA) is 14.7 Å². The summed E-state index contributed by atoms with van der Waals surface area (Å²) in [5, 5.41) is 7.11. The lowest BCUT2D eigenvalue weighted by Crippen LogP contribution is -2.31. The van der Waals surface area contributed by atoms with Gasteiger partial charge in [0.1, 0.15) is 0 Å². The third-order valence-corrected chi connectivity index (χ3v) is 23.2. The zero-order chi connectivity index (χ0) is 75.2. The third-order valence-electron chi connectivity index (χ3n) is 23.2. The van der Waals surface area contributed by atoms with Gasteiger partial charge in [0.25, 0.3) is 0 Å². The van der Waals surface area contributed by atoms with Crippen LogP contribution in [0.1, 0.15) is 0 Å². The van der Waals surface area contributed by atoms with Crippen LogP contribution in [-0.2, 0) is 0 Å². The van der Waals surface area contributed by atoms with E-state index in [4.69, 9.17) is 0 Å². The molecule has 4 heteroatoms. The van der Waals surface area contributed by atoms with Gasteiger partial charge in [-0.1, -0.05) is 340 Å². The lowest BCUT2D eigenvalue weighted by atomic mass is 9.88. The normalized spacial score (nSPS) is 12.1. The Morgan fingerprint density at radius 3 is 0.947 bits per heavy atom. The van der Waals surface area contributed by atoms with Gasteiger partial charge >= 0.3 is 0 Å². The van der Waals surface area contributed by atoms with Gasteiger partial charge in [-0.15, -0.1) is 0 Å². The van der Waals surface area contributed by atoms with Crippen molar-refractivity contribution in [3.8, 4) is 117 Å². The van der Waals surface area contributed by atoms with E-state index < -0.39 is 0 Å². The maximum absolute atomic E-state index is 3.47. The Morgan fingerprint density at radius 2 is 0.518 bits per heavy atom. The van der Waals surface area contributed by atoms with Crippen molar-refractivity contribution in [1.82, 2.24) is 4.57 Å². The molecule has 4 nitrogen and oxygen atoms in total. The number of anilines is 9. The van der Waals surface area contributed by atoms with Crippen molar-refractivity contribution < 1.29 is 0 Å². The van der Waals surface area contributed by atoms with Gasteiger partial charge in [0.15, 0.2) is 0 Å². The minimum absolute atomic E-state index is 0.973. The van der Waals surface area contributed by atoms with Gasteiger partial charge in [-0.3, -0.25) is 0 Å². The highest BCUT2D eigenvalue weighted by Gasteiger charge is 2.43. The molecule has 114 heavy (non-hydrogen) atoms. The van der Waals surface area contributed by atoms with E-state index in [0.717, 1.165) is 179 Å². The van der Waals surface area contributed by atoms with Gasteiger partial charge in [0.05, 0.1) is 67.9 Å². The molecule has 2 aliphatic rings. The van der Waals surface area contributed by atoms with Crippen LogP contribution in [0.15, 0.2) is 425 Å². The van der Waals surface area contributed by atoms with E-state index in [1.807, 2.05) is 6.07 Å². The van der Waals surface area contributed by atoms with Crippen molar-refractivity contribution in [3.05, 3.63) is 437 Å². The fraction of sp³-hybridized carbons (Fsp3) is 0. The van der Waals surface area contributed by atoms with E-state index in [-0.39, 0.29) is 0 Å². The Hall–Kier alpha value is -15.3. The van der Waals surface area contributed by atoms with E-state index in [1.165, 1.54) is 32.3 Å². The second kappa shape index (κ2) is 27.4. The minimum Gasteiger partial charge on any atom is -0.309 e. The van der Waals surface area contributed by atoms with Crippen LogP contribution in [0.25, 0.3) is 160 Å². The van der Waals surface area contributed by atoms with Crippen LogP contribution in [0.4, 0.5) is 51.2 Å². The summed E-state index contributed by atoms with van der Waals surface area (Å²) in [4.78, 5) is 7.95. The molecular weight excluding hydrogens is 1380 g/mol. The molecule has 0 amide bonds. The number of hydrogen-bond acceptors (Lipinski definition) is 3. The molecular formula is C110H70N4. The Bertz CT molecular complexity index is 6560. The molecule has 0 N–H and O–H groups in total. The molecule has 0 radical (unpaired) electrons. The standard InChI is InChI=1S/C110H70N4/c1-5-27-73(28-6-1)81-39-21-43-89(65-81)94-49-25-50-95(90-44-22-40-82(66-90)74-29-7-2-8-30-74)108(94)112-102-61-59-87(85-57-55-77-35-13-15-37-79(77)63-85)69-104(102)114-105-70-88(86-58-56-78-36-14-16-38-80(78)64-86)60-62-103(105)113(107-72-93(71-106(112)110(107)114)111-100-53-19-17-47-98(100)99-48-18-20-54-101(99)111)109-96(91-45-23-41-83(67-91)75-31-9-3-10-32-75)51-26-52-97(109)92-46-24-42-84(68-92)76-33-11-4-12-34-76/h1-11,13-33,35-72H. The molecule has 0 spiro atoms. The Morgan fingerprint density at radius 1 is 0.184 bits per heavy atom. The molecule has 19 aromatic carbocycles. The quantitative estimate of drug-likeness (QED) is 0.114. The van der Waals surface area contributed by atoms with Gasteiger partial charge in [-0.2, -0.15) is 0 Å². The first-order valence-corrected chi connectivity index (χ1v) is 39.1. The maximum atomic E-state index is 3.47. The molecule has 0 unspecified atom stereocenters. The predicted octanol–water partition coefficient (Wildman–Crippen LogP) is 30.4. The lowest BCUT2D eigenvalue weighted by molar-refractivity contribution is 1.10. The molecule has 0 saturated carbocycles. The molecule has 0 aliphatic carbocycles. The van der Waals surface area contributed by atoms with Crippen molar-refractivity contribution in [2.45, 2.75) is 0 Å². The van der Waals surface area contributed by atoms with Gasteiger partial charge < -0.3 is 19.3 Å². The van der Waals surface area contributed by atoms with Gasteiger partial charge in [-0.25, -0.2) is 0 Å². The third kappa shape index (κ3) is 11.2. The number of aromatic nitrogens is 1. The number of benzene rings is 18. The fourth-order valence-corrected chi connectivity index (χ4v) is 17.8. The molecule has 530 valence electrons. The van der Waals surface area contributed by atoms with Gasteiger partial charge in [0, 0.05) is 38.6 Å². The first-order valence-electron chi connectivity index (χ1n) is 39.1. The summed E-state index contributed by atoms with van der Waals surface area (Å²) in [6, 6.07) is 164. The highest BCUT2D eigenvalue weighted by Crippen LogP contribution is 2.67. The molecule has 0 atom stereocenters. The van der Waals surface area contributed by atoms with Crippen LogP contribution in [0.2, 0.25) is 0 Å². The molecule has 3 heterocycles. The summed E-state index contributed by atoms with van der Waals surface area (Å²) in [5.41, 5.74) is 34.3. The van der Waals surface area contributed by atoms with Crippen molar-refractivity contribution in [2.24, 2.45) is 0 Å². The fourth-order valence-electron chi connectivity index (χ4n) is 17.8. The number of rotatable bonds is 13. The molecule has 22 rings (SSSR count). The van der Waals surface area contributed by atoms with Crippen molar-refractivity contribution >= 4 is 94.5 Å². The maximum Gasteiger partial charge on any atom is 0.0949 e. The van der Waals surface area contributed by atoms with E-state index in [1.54, 1.807) is 0 Å². The first-order chi connectivity index (χ1) is 56.5. The number of fused-ring (bicyclic) bond motifs is 9. The van der Waals surface area contributed by atoms with Crippen LogP contribution < -0.4 is 14.7 Å². The van der Waals surface area contributed by atoms with Gasteiger partial charge in [-0.05, 0) is 202 Å². The number of hydrogen-bond donors (Lipinski definition) is 0. The summed E-state index contributed by atoms with van der Waals surface area (Å²) < 4.78 is 2.52. The summed E-state index contributed by atoms with van der Waals surface area (Å²) in [6.45, 7) is 0. The second-order valence-corrected chi connectivity index (χ2v) is 29.8. The summed E-state index contributed by atoms with van der Waals surface area (Å²) in [5.74, 6) is 0. The first kappa shape index (κ1) is 65.8. The van der Waals surface area contributed by atoms with E-state index in [9.17, 15) is 0 Å². The zero-order valence-electron chi connectivity index (χ0n) is 62.2. The summed E-state index contributed by atoms with van der Waals surface area (Å²) in [7, 11) is 0. The van der Waals surface area contributed by atoms with E-state index >= 15 is 0 Å². The van der Waals surface area contributed by atoms with Crippen LogP contribution in [0.5, 0.6) is 0 Å². The lowest BCUT2D eigenvalue weighted by Gasteiger charge is -2.48. The highest BCUT2D eigenvalue weighted by molar-refractivity contribution is 6.19. The van der Waals surface area contributed by atoms with Crippen LogP contribution in [-0.4, -0.2) is 4.57 Å². The van der Waals surface area contributed by atoms with Crippen LogP contribution in [0.3, 0.4) is 0 Å². The highest BCUT2D eigenvalue weighted by atomic mass is 15.3. The largest absolute Gasteiger partial charge is 0.309 e. The Balaban J connectivity index is 0.916. The van der Waals surface area contributed by atoms with E-state index in [2.05, 4.69) is 450 Å². The second-order valence-electron chi connectivity index (χ2n) is 29.8. The zero-order valence-corrected chi connectivity index (χ0v) is 62.2. The molecule has 20 aromatic rings. The van der Waals surface area contributed by atoms with Crippen molar-refractivity contribution in [1.29, 1.82) is 0 Å². The molecule has 0 bridgehead atoms. The van der Waals surface area contributed by atoms with Crippen LogP contribution >= 0.6 is 0 Å². The van der Waals surface area contributed by atoms with E-state index in [0.29, 0.717) is 0 Å². The Labute approximate surface area is 663 Å². The SMILES string of the molecule is c1cccc(-c2cccc(-c3cccc(-c4cccc(-c5ccccc5)c4)c3N3c4ccc(-c5ccc6ccccc6c5)cc4N4c5cc(-c6ccc7ccccc7c6)ccc5N(c5c(-c6cccc(-c7ccccc7)c6)cccc5-c5cccc(-c6ccccc6)c5)c5cc(-n6c7ccccc7c7ccccc76)cc3c54)c2)c#1. The average molecular weight is 1450 g/mol. The average Bonchev–Trinajstić information content (AvgIpc) is 0.809. The predicted molar refractivity (Wildman–Crippen MR) is 479 cm³/mol. The van der Waals surface area contributed by atoms with Crippen molar-refractivity contribution in [2.75, 3.05) is 14.7 Å². The number of nitrogens with zero attached hydrogens (tertiary/aromatic N) is 4. The Kier molecular flexibility index (Phi) is 15.8. The number of para-hydroxylation sites is 4. The monoisotopic (exact) mass is 1450 g/mol. The van der Waals surface area contributed by atoms with Gasteiger partial charge in [0.2, 0.25) is 0 Å². The molecule has 0 fully saturated rings. The van der Waals surface area contributed by atoms with Crippen molar-refractivity contribution in [3.63, 3.8) is 0 Å². The summed E-state index contributed by atoms with van der Waals surface area (Å²) >= 11 is 0. The molecule has 1 aromatic heterocycles. The molecule has 0 saturated heterocycles. The van der Waals surface area contributed by atoms with Crippen LogP contribution in [0, 0.1) is 12.1 Å². The summed E-state index contributed by atoms with van der Waals surface area (Å²) in [6.07, 6.45) is 0. The smallest absolute Gasteiger partial charge is 0.0949 e.